The Bertz CT molecular complexity index is 1610. The second kappa shape index (κ2) is 20.3. The summed E-state index contributed by atoms with van der Waals surface area (Å²) < 4.78 is 24.6. The Morgan fingerprint density at radius 2 is 1.09 bits per heavy atom. The molecule has 2 aromatic carbocycles. The molecule has 2 aliphatic carbocycles. The average Bonchev–Trinajstić information content (AvgIpc) is 3.57. The van der Waals surface area contributed by atoms with Crippen molar-refractivity contribution in [1.29, 1.82) is 0 Å². The van der Waals surface area contributed by atoms with Gasteiger partial charge in [-0.05, 0) is 55.1 Å². The molecule has 0 aromatic heterocycles. The van der Waals surface area contributed by atoms with Crippen LogP contribution >= 0.6 is 7.82 Å². The molecule has 2 atom stereocenters. The molecule has 56 heavy (non-hydrogen) atoms. The van der Waals surface area contributed by atoms with E-state index in [4.69, 9.17) is 9.05 Å². The lowest BCUT2D eigenvalue weighted by molar-refractivity contribution is -0.146. The van der Waals surface area contributed by atoms with Crippen LogP contribution in [0, 0.1) is 5.41 Å². The highest BCUT2D eigenvalue weighted by Gasteiger charge is 2.42. The quantitative estimate of drug-likeness (QED) is 0.0833. The van der Waals surface area contributed by atoms with E-state index < -0.39 is 94.6 Å². The largest absolute Gasteiger partial charge is 0.480 e. The van der Waals surface area contributed by atoms with E-state index in [0.29, 0.717) is 51.4 Å². The van der Waals surface area contributed by atoms with Gasteiger partial charge in [0.25, 0.3) is 0 Å². The van der Waals surface area contributed by atoms with E-state index in [2.05, 4.69) is 24.3 Å². The third-order valence-electron chi connectivity index (χ3n) is 10.7. The summed E-state index contributed by atoms with van der Waals surface area (Å²) in [4.78, 5) is 73.7. The molecule has 17 nitrogen and oxygen atoms in total. The highest BCUT2D eigenvalue weighted by molar-refractivity contribution is 7.47. The molecule has 18 heteroatoms. The van der Waals surface area contributed by atoms with Crippen LogP contribution in [-0.2, 0) is 43.0 Å². The SMILES string of the molecule is O=C(O)CN(CC(=O)O)CC1(CN(CC(=O)O)CC(COP(=O)(O)OC2CCC(c3ccccc3)(c3ccccc3)CC2)N(CC(=O)O)CC(=O)O)CCCC1. The molecule has 0 bridgehead atoms. The fourth-order valence-corrected chi connectivity index (χ4v) is 9.46. The third kappa shape index (κ3) is 13.5. The number of rotatable bonds is 24. The van der Waals surface area contributed by atoms with Crippen molar-refractivity contribution in [3.8, 4) is 0 Å². The zero-order valence-corrected chi connectivity index (χ0v) is 32.1. The maximum absolute atomic E-state index is 13.5. The first-order valence-electron chi connectivity index (χ1n) is 18.5. The number of phosphoric acid groups is 1. The summed E-state index contributed by atoms with van der Waals surface area (Å²) in [5.41, 5.74) is 1.09. The number of aliphatic carboxylic acids is 5. The van der Waals surface area contributed by atoms with E-state index in [9.17, 15) is 59.0 Å². The molecule has 308 valence electrons. The number of hydrogen-bond donors (Lipinski definition) is 6. The fourth-order valence-electron chi connectivity index (χ4n) is 8.45. The lowest BCUT2D eigenvalue weighted by Crippen LogP contribution is -2.54. The van der Waals surface area contributed by atoms with Crippen molar-refractivity contribution in [2.24, 2.45) is 5.41 Å². The van der Waals surface area contributed by atoms with Crippen molar-refractivity contribution >= 4 is 37.7 Å². The summed E-state index contributed by atoms with van der Waals surface area (Å²) >= 11 is 0. The molecule has 2 unspecified atom stereocenters. The molecule has 0 aliphatic heterocycles. The monoisotopic (exact) mass is 805 g/mol. The van der Waals surface area contributed by atoms with Gasteiger partial charge < -0.3 is 30.4 Å². The predicted octanol–water partition coefficient (Wildman–Crippen LogP) is 3.31. The zero-order chi connectivity index (χ0) is 40.9. The molecule has 6 N–H and O–H groups in total. The van der Waals surface area contributed by atoms with Gasteiger partial charge in [0.1, 0.15) is 0 Å². The third-order valence-corrected chi connectivity index (χ3v) is 11.7. The number of hydrogen-bond acceptors (Lipinski definition) is 11. The molecule has 0 heterocycles. The van der Waals surface area contributed by atoms with Crippen molar-refractivity contribution < 1.29 is 68.0 Å². The van der Waals surface area contributed by atoms with Crippen LogP contribution < -0.4 is 0 Å². The van der Waals surface area contributed by atoms with E-state index in [1.165, 1.54) is 9.80 Å². The Hall–Kier alpha value is -4.22. The topological polar surface area (TPSA) is 252 Å². The second-order valence-electron chi connectivity index (χ2n) is 14.9. The first kappa shape index (κ1) is 44.5. The Balaban J connectivity index is 1.53. The van der Waals surface area contributed by atoms with Crippen LogP contribution in [0.2, 0.25) is 0 Å². The number of nitrogens with zero attached hydrogens (tertiary/aromatic N) is 3. The second-order valence-corrected chi connectivity index (χ2v) is 16.3. The van der Waals surface area contributed by atoms with Gasteiger partial charge in [-0.3, -0.25) is 47.7 Å². The van der Waals surface area contributed by atoms with E-state index in [0.717, 1.165) is 16.0 Å². The Morgan fingerprint density at radius 3 is 1.54 bits per heavy atom. The minimum atomic E-state index is -4.84. The molecule has 2 fully saturated rings. The van der Waals surface area contributed by atoms with Gasteiger partial charge in [-0.15, -0.1) is 0 Å². The van der Waals surface area contributed by atoms with E-state index in [1.54, 1.807) is 0 Å². The summed E-state index contributed by atoms with van der Waals surface area (Å²) in [5, 5.41) is 48.1. The van der Waals surface area contributed by atoms with Crippen LogP contribution in [0.25, 0.3) is 0 Å². The fraction of sp³-hybridized carbons (Fsp3) is 0.553. The molecule has 0 saturated heterocycles. The highest BCUT2D eigenvalue weighted by atomic mass is 31.2. The molecule has 0 amide bonds. The van der Waals surface area contributed by atoms with Gasteiger partial charge in [0.05, 0.1) is 45.4 Å². The molecular weight excluding hydrogens is 753 g/mol. The van der Waals surface area contributed by atoms with Crippen molar-refractivity contribution in [2.75, 3.05) is 59.0 Å². The van der Waals surface area contributed by atoms with Gasteiger partial charge >= 0.3 is 37.7 Å². The van der Waals surface area contributed by atoms with Crippen LogP contribution in [0.1, 0.15) is 62.5 Å². The minimum Gasteiger partial charge on any atom is -0.480 e. The number of benzene rings is 2. The summed E-state index contributed by atoms with van der Waals surface area (Å²) in [6.45, 7) is -4.41. The van der Waals surface area contributed by atoms with Crippen molar-refractivity contribution in [2.45, 2.75) is 68.9 Å². The number of carboxylic acids is 5. The Kier molecular flexibility index (Phi) is 16.1. The first-order chi connectivity index (χ1) is 26.5. The Labute approximate surface area is 325 Å². The van der Waals surface area contributed by atoms with Gasteiger partial charge in [-0.25, -0.2) is 4.57 Å². The van der Waals surface area contributed by atoms with E-state index in [-0.39, 0.29) is 25.0 Å². The van der Waals surface area contributed by atoms with Crippen molar-refractivity contribution in [3.63, 3.8) is 0 Å². The zero-order valence-electron chi connectivity index (χ0n) is 31.2. The standard InChI is InChI=1S/C38H52N3O14P/c42-32(43)20-39(26-37(15-7-8-16-37)27-40(21-33(44)45)22-34(46)47)19-30(41(23-35(48)49)24-36(50)51)25-54-56(52,53)55-31-13-17-38(18-14-31,28-9-3-1-4-10-28)29-11-5-2-6-12-29/h1-6,9-12,30-31H,7-8,13-27H2,(H,42,43)(H,44,45)(H,46,47)(H,48,49)(H,50,51)(H,52,53). The summed E-state index contributed by atoms with van der Waals surface area (Å²) in [5.74, 6) is -6.57. The number of phosphoric ester groups is 1. The van der Waals surface area contributed by atoms with Gasteiger partial charge in [0, 0.05) is 31.1 Å². The molecular formula is C38H52N3O14P. The molecule has 2 aliphatic rings. The molecule has 0 radical (unpaired) electrons. The maximum Gasteiger partial charge on any atom is 0.472 e. The average molecular weight is 806 g/mol. The number of carbonyl (C=O) groups is 5. The summed E-state index contributed by atoms with van der Waals surface area (Å²) in [6.07, 6.45) is 3.75. The molecule has 4 rings (SSSR count). The van der Waals surface area contributed by atoms with Crippen LogP contribution in [0.5, 0.6) is 0 Å². The molecule has 2 saturated carbocycles. The minimum absolute atomic E-state index is 0.000536. The van der Waals surface area contributed by atoms with Gasteiger partial charge in [-0.2, -0.15) is 0 Å². The molecule has 0 spiro atoms. The van der Waals surface area contributed by atoms with Crippen molar-refractivity contribution in [3.05, 3.63) is 71.8 Å². The lowest BCUT2D eigenvalue weighted by Gasteiger charge is -2.41. The van der Waals surface area contributed by atoms with Crippen molar-refractivity contribution in [1.82, 2.24) is 14.7 Å². The van der Waals surface area contributed by atoms with E-state index in [1.807, 2.05) is 36.4 Å². The number of carboxylic acid groups (broad SMARTS) is 5. The summed E-state index contributed by atoms with van der Waals surface area (Å²) in [7, 11) is -4.84. The lowest BCUT2D eigenvalue weighted by atomic mass is 9.65. The van der Waals surface area contributed by atoms with Crippen LogP contribution in [0.4, 0.5) is 0 Å². The smallest absolute Gasteiger partial charge is 0.472 e. The summed E-state index contributed by atoms with van der Waals surface area (Å²) in [6, 6.07) is 18.7. The normalized spacial score (nSPS) is 18.4. The van der Waals surface area contributed by atoms with E-state index >= 15 is 0 Å². The molecule has 2 aromatic rings. The van der Waals surface area contributed by atoms with Gasteiger partial charge in [-0.1, -0.05) is 73.5 Å². The van der Waals surface area contributed by atoms with Crippen LogP contribution in [0.15, 0.2) is 60.7 Å². The Morgan fingerprint density at radius 1 is 0.661 bits per heavy atom. The van der Waals surface area contributed by atoms with Crippen LogP contribution in [-0.4, -0.2) is 146 Å². The first-order valence-corrected chi connectivity index (χ1v) is 20.0. The van der Waals surface area contributed by atoms with Crippen LogP contribution in [0.3, 0.4) is 0 Å². The van der Waals surface area contributed by atoms with Gasteiger partial charge in [0.15, 0.2) is 0 Å². The van der Waals surface area contributed by atoms with Gasteiger partial charge in [0.2, 0.25) is 0 Å². The maximum atomic E-state index is 13.5. The predicted molar refractivity (Wildman–Crippen MR) is 200 cm³/mol. The highest BCUT2D eigenvalue weighted by Crippen LogP contribution is 2.51.